The van der Waals surface area contributed by atoms with Gasteiger partial charge in [0.25, 0.3) is 0 Å². The van der Waals surface area contributed by atoms with Crippen LogP contribution in [0.2, 0.25) is 0 Å². The molecule has 0 bridgehead atoms. The minimum absolute atomic E-state index is 0.252. The second kappa shape index (κ2) is 5.50. The second-order valence-electron chi connectivity index (χ2n) is 3.27. The van der Waals surface area contributed by atoms with Gasteiger partial charge in [-0.3, -0.25) is 4.68 Å². The summed E-state index contributed by atoms with van der Waals surface area (Å²) in [5.74, 6) is -0.924. The van der Waals surface area contributed by atoms with E-state index >= 15 is 0 Å². The van der Waals surface area contributed by atoms with E-state index in [4.69, 9.17) is 5.11 Å². The Balaban J connectivity index is 2.57. The monoisotopic (exact) mass is 211 g/mol. The molecule has 0 unspecified atom stereocenters. The van der Waals surface area contributed by atoms with Crippen LogP contribution in [-0.4, -0.2) is 45.4 Å². The van der Waals surface area contributed by atoms with E-state index in [1.54, 1.807) is 0 Å². The van der Waals surface area contributed by atoms with Gasteiger partial charge in [-0.1, -0.05) is 13.8 Å². The normalized spacial score (nSPS) is 10.9. The number of aromatic nitrogens is 2. The molecule has 0 aliphatic heterocycles. The van der Waals surface area contributed by atoms with Gasteiger partial charge < -0.3 is 10.0 Å². The molecule has 5 heteroatoms. The lowest BCUT2D eigenvalue weighted by molar-refractivity contribution is 0.0682. The SMILES string of the molecule is CCN(CC)CCn1nccc1C(=O)O. The predicted octanol–water partition coefficient (Wildman–Crippen LogP) is 0.923. The maximum Gasteiger partial charge on any atom is 0.354 e. The summed E-state index contributed by atoms with van der Waals surface area (Å²) in [6, 6.07) is 1.52. The van der Waals surface area contributed by atoms with Gasteiger partial charge in [0.2, 0.25) is 0 Å². The molecule has 0 aliphatic carbocycles. The van der Waals surface area contributed by atoms with Crippen molar-refractivity contribution in [2.24, 2.45) is 0 Å². The first-order valence-corrected chi connectivity index (χ1v) is 5.16. The molecule has 0 fully saturated rings. The van der Waals surface area contributed by atoms with E-state index in [0.29, 0.717) is 6.54 Å². The Labute approximate surface area is 89.3 Å². The van der Waals surface area contributed by atoms with Crippen molar-refractivity contribution in [3.63, 3.8) is 0 Å². The number of hydrogen-bond donors (Lipinski definition) is 1. The van der Waals surface area contributed by atoms with Gasteiger partial charge in [0, 0.05) is 12.7 Å². The predicted molar refractivity (Wildman–Crippen MR) is 57.0 cm³/mol. The molecule has 0 aliphatic rings. The van der Waals surface area contributed by atoms with Crippen LogP contribution in [0.1, 0.15) is 24.3 Å². The Hall–Kier alpha value is -1.36. The number of nitrogens with zero attached hydrogens (tertiary/aromatic N) is 3. The number of carboxylic acid groups (broad SMARTS) is 1. The Bertz CT molecular complexity index is 318. The number of hydrogen-bond acceptors (Lipinski definition) is 3. The molecular formula is C10H17N3O2. The molecule has 0 saturated carbocycles. The maximum atomic E-state index is 10.8. The Kier molecular flexibility index (Phi) is 4.30. The van der Waals surface area contributed by atoms with Crippen molar-refractivity contribution in [1.29, 1.82) is 0 Å². The largest absolute Gasteiger partial charge is 0.477 e. The molecule has 15 heavy (non-hydrogen) atoms. The van der Waals surface area contributed by atoms with Gasteiger partial charge in [-0.15, -0.1) is 0 Å². The lowest BCUT2D eigenvalue weighted by atomic mass is 10.4. The first-order chi connectivity index (χ1) is 7.19. The molecule has 0 spiro atoms. The molecular weight excluding hydrogens is 194 g/mol. The fraction of sp³-hybridized carbons (Fsp3) is 0.600. The number of carbonyl (C=O) groups is 1. The van der Waals surface area contributed by atoms with Crippen molar-refractivity contribution in [2.75, 3.05) is 19.6 Å². The third-order valence-corrected chi connectivity index (χ3v) is 2.46. The van der Waals surface area contributed by atoms with Crippen molar-refractivity contribution in [3.05, 3.63) is 18.0 Å². The molecule has 0 saturated heterocycles. The summed E-state index contributed by atoms with van der Waals surface area (Å²) in [6.45, 7) is 7.57. The molecule has 1 aromatic heterocycles. The summed E-state index contributed by atoms with van der Waals surface area (Å²) in [5, 5.41) is 12.8. The Morgan fingerprint density at radius 3 is 2.73 bits per heavy atom. The highest BCUT2D eigenvalue weighted by molar-refractivity contribution is 5.85. The van der Waals surface area contributed by atoms with Gasteiger partial charge in [-0.2, -0.15) is 5.10 Å². The zero-order valence-corrected chi connectivity index (χ0v) is 9.18. The van der Waals surface area contributed by atoms with E-state index in [-0.39, 0.29) is 5.69 Å². The number of likely N-dealkylation sites (N-methyl/N-ethyl adjacent to an activating group) is 1. The third-order valence-electron chi connectivity index (χ3n) is 2.46. The summed E-state index contributed by atoms with van der Waals surface area (Å²) in [4.78, 5) is 13.0. The lowest BCUT2D eigenvalue weighted by Gasteiger charge is -2.17. The molecule has 1 heterocycles. The fourth-order valence-corrected chi connectivity index (χ4v) is 1.47. The van der Waals surface area contributed by atoms with Crippen LogP contribution < -0.4 is 0 Å². The third kappa shape index (κ3) is 3.06. The van der Waals surface area contributed by atoms with E-state index in [1.807, 2.05) is 0 Å². The van der Waals surface area contributed by atoms with E-state index < -0.39 is 5.97 Å². The summed E-state index contributed by atoms with van der Waals surface area (Å²) in [5.41, 5.74) is 0.252. The average molecular weight is 211 g/mol. The number of aromatic carboxylic acids is 1. The molecule has 5 nitrogen and oxygen atoms in total. The minimum atomic E-state index is -0.924. The van der Waals surface area contributed by atoms with Crippen molar-refractivity contribution in [3.8, 4) is 0 Å². The van der Waals surface area contributed by atoms with Crippen LogP contribution in [0, 0.1) is 0 Å². The van der Waals surface area contributed by atoms with Crippen molar-refractivity contribution >= 4 is 5.97 Å². The fourth-order valence-electron chi connectivity index (χ4n) is 1.47. The first kappa shape index (κ1) is 11.7. The van der Waals surface area contributed by atoms with Gasteiger partial charge in [-0.25, -0.2) is 4.79 Å². The molecule has 0 atom stereocenters. The highest BCUT2D eigenvalue weighted by Crippen LogP contribution is 1.99. The van der Waals surface area contributed by atoms with Crippen LogP contribution in [0.5, 0.6) is 0 Å². The van der Waals surface area contributed by atoms with Gasteiger partial charge in [0.15, 0.2) is 0 Å². The maximum absolute atomic E-state index is 10.8. The van der Waals surface area contributed by atoms with Gasteiger partial charge >= 0.3 is 5.97 Å². The Morgan fingerprint density at radius 2 is 2.20 bits per heavy atom. The molecule has 1 aromatic rings. The summed E-state index contributed by atoms with van der Waals surface area (Å²) in [6.07, 6.45) is 1.52. The van der Waals surface area contributed by atoms with Gasteiger partial charge in [0.05, 0.1) is 6.54 Å². The topological polar surface area (TPSA) is 58.4 Å². The highest BCUT2D eigenvalue weighted by atomic mass is 16.4. The van der Waals surface area contributed by atoms with E-state index in [9.17, 15) is 4.79 Å². The average Bonchev–Trinajstić information content (AvgIpc) is 2.67. The van der Waals surface area contributed by atoms with Crippen LogP contribution in [0.15, 0.2) is 12.3 Å². The summed E-state index contributed by atoms with van der Waals surface area (Å²) < 4.78 is 1.53. The zero-order valence-electron chi connectivity index (χ0n) is 9.18. The molecule has 0 aromatic carbocycles. The molecule has 1 N–H and O–H groups in total. The highest BCUT2D eigenvalue weighted by Gasteiger charge is 2.10. The van der Waals surface area contributed by atoms with Crippen LogP contribution in [0.3, 0.4) is 0 Å². The minimum Gasteiger partial charge on any atom is -0.477 e. The smallest absolute Gasteiger partial charge is 0.354 e. The van der Waals surface area contributed by atoms with Crippen molar-refractivity contribution < 1.29 is 9.90 Å². The van der Waals surface area contributed by atoms with Crippen LogP contribution in [0.4, 0.5) is 0 Å². The molecule has 1 rings (SSSR count). The standard InChI is InChI=1S/C10H17N3O2/c1-3-12(4-2)7-8-13-9(10(14)15)5-6-11-13/h5-6H,3-4,7-8H2,1-2H3,(H,14,15). The van der Waals surface area contributed by atoms with Crippen molar-refractivity contribution in [1.82, 2.24) is 14.7 Å². The van der Waals surface area contributed by atoms with Crippen LogP contribution >= 0.6 is 0 Å². The Morgan fingerprint density at radius 1 is 1.53 bits per heavy atom. The lowest BCUT2D eigenvalue weighted by Crippen LogP contribution is -2.28. The number of rotatable bonds is 6. The van der Waals surface area contributed by atoms with E-state index in [1.165, 1.54) is 16.9 Å². The summed E-state index contributed by atoms with van der Waals surface area (Å²) >= 11 is 0. The quantitative estimate of drug-likeness (QED) is 0.760. The van der Waals surface area contributed by atoms with E-state index in [2.05, 4.69) is 23.8 Å². The summed E-state index contributed by atoms with van der Waals surface area (Å²) in [7, 11) is 0. The first-order valence-electron chi connectivity index (χ1n) is 5.16. The zero-order chi connectivity index (χ0) is 11.3. The molecule has 0 radical (unpaired) electrons. The van der Waals surface area contributed by atoms with Crippen molar-refractivity contribution in [2.45, 2.75) is 20.4 Å². The second-order valence-corrected chi connectivity index (χ2v) is 3.27. The van der Waals surface area contributed by atoms with E-state index in [0.717, 1.165) is 19.6 Å². The molecule has 0 amide bonds. The van der Waals surface area contributed by atoms with Gasteiger partial charge in [-0.05, 0) is 19.2 Å². The number of carboxylic acids is 1. The molecule has 84 valence electrons. The van der Waals surface area contributed by atoms with Crippen LogP contribution in [0.25, 0.3) is 0 Å². The van der Waals surface area contributed by atoms with Gasteiger partial charge in [0.1, 0.15) is 5.69 Å². The van der Waals surface area contributed by atoms with Crippen LogP contribution in [-0.2, 0) is 6.54 Å².